The van der Waals surface area contributed by atoms with Crippen LogP contribution in [-0.4, -0.2) is 24.3 Å². The maximum absolute atomic E-state index is 12.0. The first-order valence-electron chi connectivity index (χ1n) is 7.35. The molecular formula is C18H19ClN2O3. The van der Waals surface area contributed by atoms with Crippen LogP contribution in [0.3, 0.4) is 0 Å². The number of nitrogens with zero attached hydrogens (tertiary/aromatic N) is 1. The Morgan fingerprint density at radius 3 is 2.75 bits per heavy atom. The summed E-state index contributed by atoms with van der Waals surface area (Å²) in [5.74, 6) is -0.101. The van der Waals surface area contributed by atoms with Crippen molar-refractivity contribution in [1.29, 1.82) is 0 Å². The summed E-state index contributed by atoms with van der Waals surface area (Å²) in [5, 5.41) is 13.7. The van der Waals surface area contributed by atoms with Gasteiger partial charge in [0.2, 0.25) is 5.91 Å². The zero-order valence-electron chi connectivity index (χ0n) is 13.8. The maximum Gasteiger partial charge on any atom is 0.244 e. The highest BCUT2D eigenvalue weighted by molar-refractivity contribution is 6.32. The van der Waals surface area contributed by atoms with Crippen molar-refractivity contribution in [2.45, 2.75) is 20.3 Å². The number of rotatable bonds is 5. The van der Waals surface area contributed by atoms with Crippen molar-refractivity contribution in [2.75, 3.05) is 7.11 Å². The van der Waals surface area contributed by atoms with Crippen LogP contribution < -0.4 is 10.2 Å². The minimum Gasteiger partial charge on any atom is -0.503 e. The molecule has 2 rings (SSSR count). The van der Waals surface area contributed by atoms with Crippen LogP contribution in [0, 0.1) is 13.8 Å². The number of hydrogen-bond donors (Lipinski definition) is 2. The first kappa shape index (κ1) is 17.8. The Hall–Kier alpha value is -2.53. The number of aromatic hydroxyl groups is 1. The molecule has 0 heterocycles. The minimum atomic E-state index is -0.213. The van der Waals surface area contributed by atoms with Crippen molar-refractivity contribution in [3.8, 4) is 11.5 Å². The predicted molar refractivity (Wildman–Crippen MR) is 95.0 cm³/mol. The van der Waals surface area contributed by atoms with Gasteiger partial charge in [0.1, 0.15) is 0 Å². The van der Waals surface area contributed by atoms with E-state index in [1.165, 1.54) is 19.4 Å². The van der Waals surface area contributed by atoms with Gasteiger partial charge in [-0.25, -0.2) is 5.43 Å². The molecule has 0 fully saturated rings. The summed E-state index contributed by atoms with van der Waals surface area (Å²) in [6.45, 7) is 3.99. The van der Waals surface area contributed by atoms with Gasteiger partial charge in [0.25, 0.3) is 0 Å². The van der Waals surface area contributed by atoms with Crippen LogP contribution in [0.2, 0.25) is 5.02 Å². The van der Waals surface area contributed by atoms with Crippen molar-refractivity contribution < 1.29 is 14.6 Å². The fourth-order valence-corrected chi connectivity index (χ4v) is 2.48. The Balaban J connectivity index is 2.01. The van der Waals surface area contributed by atoms with Gasteiger partial charge in [-0.15, -0.1) is 0 Å². The number of nitrogens with one attached hydrogen (secondary N) is 1. The number of hydrogen-bond acceptors (Lipinski definition) is 4. The number of halogens is 1. The zero-order valence-corrected chi connectivity index (χ0v) is 14.5. The second kappa shape index (κ2) is 7.84. The lowest BCUT2D eigenvalue weighted by atomic mass is 10.0. The number of carbonyl (C=O) groups is 1. The molecule has 5 nitrogen and oxygen atoms in total. The summed E-state index contributed by atoms with van der Waals surface area (Å²) in [5.41, 5.74) is 6.27. The van der Waals surface area contributed by atoms with E-state index in [-0.39, 0.29) is 28.8 Å². The van der Waals surface area contributed by atoms with Crippen LogP contribution in [0.25, 0.3) is 0 Å². The van der Waals surface area contributed by atoms with Crippen molar-refractivity contribution in [1.82, 2.24) is 5.43 Å². The van der Waals surface area contributed by atoms with E-state index in [0.29, 0.717) is 5.56 Å². The minimum absolute atomic E-state index is 0.129. The molecule has 0 aliphatic heterocycles. The molecule has 2 aromatic rings. The van der Waals surface area contributed by atoms with Crippen molar-refractivity contribution in [3.05, 3.63) is 57.6 Å². The quantitative estimate of drug-likeness (QED) is 0.644. The standard InChI is InChI=1S/C18H19ClN2O3/c1-11-4-5-14(12(2)6-11)9-17(22)21-20-10-13-7-15(19)18(23)16(8-13)24-3/h4-8,10,23H,9H2,1-3H3,(H,21,22)/b20-10-. The molecule has 0 aliphatic rings. The zero-order chi connectivity index (χ0) is 17.7. The largest absolute Gasteiger partial charge is 0.503 e. The van der Waals surface area contributed by atoms with Gasteiger partial charge in [-0.1, -0.05) is 35.4 Å². The van der Waals surface area contributed by atoms with Crippen LogP contribution in [-0.2, 0) is 11.2 Å². The Labute approximate surface area is 145 Å². The third kappa shape index (κ3) is 4.49. The molecule has 126 valence electrons. The van der Waals surface area contributed by atoms with E-state index < -0.39 is 0 Å². The van der Waals surface area contributed by atoms with E-state index in [1.54, 1.807) is 6.07 Å². The van der Waals surface area contributed by atoms with Gasteiger partial charge in [0.15, 0.2) is 11.5 Å². The van der Waals surface area contributed by atoms with Gasteiger partial charge in [0, 0.05) is 0 Å². The van der Waals surface area contributed by atoms with Crippen molar-refractivity contribution >= 4 is 23.7 Å². The molecule has 0 unspecified atom stereocenters. The number of carbonyl (C=O) groups excluding carboxylic acids is 1. The number of phenols is 1. The highest BCUT2D eigenvalue weighted by Gasteiger charge is 2.08. The molecule has 6 heteroatoms. The number of benzene rings is 2. The van der Waals surface area contributed by atoms with Gasteiger partial charge in [-0.3, -0.25) is 4.79 Å². The summed E-state index contributed by atoms with van der Waals surface area (Å²) in [7, 11) is 1.43. The summed E-state index contributed by atoms with van der Waals surface area (Å²) in [6.07, 6.45) is 1.69. The molecular weight excluding hydrogens is 328 g/mol. The molecule has 0 saturated carbocycles. The van der Waals surface area contributed by atoms with Crippen LogP contribution in [0.5, 0.6) is 11.5 Å². The van der Waals surface area contributed by atoms with E-state index in [0.717, 1.165) is 16.7 Å². The monoisotopic (exact) mass is 346 g/mol. The highest BCUT2D eigenvalue weighted by Crippen LogP contribution is 2.34. The summed E-state index contributed by atoms with van der Waals surface area (Å²) in [6, 6.07) is 9.05. The normalized spacial score (nSPS) is 10.8. The number of aryl methyl sites for hydroxylation is 2. The third-order valence-electron chi connectivity index (χ3n) is 3.52. The summed E-state index contributed by atoms with van der Waals surface area (Å²) < 4.78 is 5.01. The van der Waals surface area contributed by atoms with Crippen LogP contribution in [0.4, 0.5) is 0 Å². The van der Waals surface area contributed by atoms with E-state index in [9.17, 15) is 9.90 Å². The number of amides is 1. The molecule has 0 saturated heterocycles. The smallest absolute Gasteiger partial charge is 0.244 e. The Morgan fingerprint density at radius 1 is 1.33 bits per heavy atom. The van der Waals surface area contributed by atoms with Crippen LogP contribution in [0.1, 0.15) is 22.3 Å². The molecule has 0 aromatic heterocycles. The fraction of sp³-hybridized carbons (Fsp3) is 0.222. The third-order valence-corrected chi connectivity index (χ3v) is 3.81. The lowest BCUT2D eigenvalue weighted by Crippen LogP contribution is -2.20. The average molecular weight is 347 g/mol. The maximum atomic E-state index is 12.0. The van der Waals surface area contributed by atoms with E-state index in [1.807, 2.05) is 32.0 Å². The molecule has 0 spiro atoms. The molecule has 0 bridgehead atoms. The van der Waals surface area contributed by atoms with E-state index in [4.69, 9.17) is 16.3 Å². The lowest BCUT2D eigenvalue weighted by Gasteiger charge is -2.07. The van der Waals surface area contributed by atoms with Gasteiger partial charge < -0.3 is 9.84 Å². The number of phenolic OH excluding ortho intramolecular Hbond substituents is 1. The Bertz CT molecular complexity index is 788. The molecule has 0 radical (unpaired) electrons. The topological polar surface area (TPSA) is 70.9 Å². The summed E-state index contributed by atoms with van der Waals surface area (Å²) >= 11 is 5.90. The van der Waals surface area contributed by atoms with E-state index >= 15 is 0 Å². The molecule has 24 heavy (non-hydrogen) atoms. The number of ether oxygens (including phenoxy) is 1. The molecule has 0 aliphatic carbocycles. The van der Waals surface area contributed by atoms with Gasteiger partial charge in [-0.05, 0) is 42.7 Å². The number of hydrazone groups is 1. The SMILES string of the molecule is COc1cc(/C=N\NC(=O)Cc2ccc(C)cc2C)cc(Cl)c1O. The van der Waals surface area contributed by atoms with Gasteiger partial charge in [0.05, 0.1) is 24.8 Å². The Morgan fingerprint density at radius 2 is 2.08 bits per heavy atom. The van der Waals surface area contributed by atoms with Gasteiger partial charge in [-0.2, -0.15) is 5.10 Å². The van der Waals surface area contributed by atoms with Gasteiger partial charge >= 0.3 is 0 Å². The molecule has 1 amide bonds. The first-order valence-corrected chi connectivity index (χ1v) is 7.73. The summed E-state index contributed by atoms with van der Waals surface area (Å²) in [4.78, 5) is 12.0. The molecule has 2 N–H and O–H groups in total. The number of methoxy groups -OCH3 is 1. The highest BCUT2D eigenvalue weighted by atomic mass is 35.5. The molecule has 2 aromatic carbocycles. The van der Waals surface area contributed by atoms with E-state index in [2.05, 4.69) is 10.5 Å². The first-order chi connectivity index (χ1) is 11.4. The second-order valence-corrected chi connectivity index (χ2v) is 5.86. The van der Waals surface area contributed by atoms with Crippen LogP contribution >= 0.6 is 11.6 Å². The predicted octanol–water partition coefficient (Wildman–Crippen LogP) is 3.36. The molecule has 0 atom stereocenters. The lowest BCUT2D eigenvalue weighted by molar-refractivity contribution is -0.120. The van der Waals surface area contributed by atoms with Crippen LogP contribution in [0.15, 0.2) is 35.4 Å². The van der Waals surface area contributed by atoms with Crippen molar-refractivity contribution in [3.63, 3.8) is 0 Å². The average Bonchev–Trinajstić information content (AvgIpc) is 2.53. The Kier molecular flexibility index (Phi) is 5.82. The van der Waals surface area contributed by atoms with Crippen molar-refractivity contribution in [2.24, 2.45) is 5.10 Å². The second-order valence-electron chi connectivity index (χ2n) is 5.45. The fourth-order valence-electron chi connectivity index (χ4n) is 2.26.